The fraction of sp³-hybridized carbons (Fsp3) is 0.0909. The van der Waals surface area contributed by atoms with Gasteiger partial charge in [-0.25, -0.2) is 0 Å². The number of aliphatic hydroxyl groups excluding tert-OH is 1. The Hall–Kier alpha value is -1.92. The molecule has 0 saturated heterocycles. The molecule has 0 saturated carbocycles. The summed E-state index contributed by atoms with van der Waals surface area (Å²) in [6, 6.07) is 8.50. The van der Waals surface area contributed by atoms with Crippen LogP contribution in [0.4, 0.5) is 0 Å². The van der Waals surface area contributed by atoms with Crippen LogP contribution in [0.1, 0.15) is 17.2 Å². The van der Waals surface area contributed by atoms with Crippen LogP contribution in [0, 0.1) is 11.3 Å². The highest BCUT2D eigenvalue weighted by Crippen LogP contribution is 2.21. The molecule has 0 spiro atoms. The maximum atomic E-state index is 10.4. The van der Waals surface area contributed by atoms with Crippen molar-refractivity contribution in [1.82, 2.24) is 0 Å². The van der Waals surface area contributed by atoms with Gasteiger partial charge >= 0.3 is 0 Å². The van der Waals surface area contributed by atoms with Crippen molar-refractivity contribution in [3.63, 3.8) is 0 Å². The number of hydrogen-bond acceptors (Lipinski definition) is 3. The summed E-state index contributed by atoms with van der Waals surface area (Å²) in [4.78, 5) is 10.4. The predicted molar refractivity (Wildman–Crippen MR) is 51.3 cm³/mol. The third-order valence-electron chi connectivity index (χ3n) is 1.88. The fourth-order valence-corrected chi connectivity index (χ4v) is 1.10. The molecular weight excluding hydrogens is 178 g/mol. The van der Waals surface area contributed by atoms with Gasteiger partial charge in [0, 0.05) is 11.1 Å². The summed E-state index contributed by atoms with van der Waals surface area (Å²) in [6.07, 6.45) is -0.609. The van der Waals surface area contributed by atoms with Crippen molar-refractivity contribution in [3.8, 4) is 6.07 Å². The highest BCUT2D eigenvalue weighted by Gasteiger charge is 2.14. The van der Waals surface area contributed by atoms with Crippen LogP contribution in [0.15, 0.2) is 36.4 Å². The zero-order chi connectivity index (χ0) is 10.6. The molecule has 1 unspecified atom stereocenters. The molecule has 14 heavy (non-hydrogen) atoms. The SMILES string of the molecule is C=C(C=O)C(O)c1ccccc1C#N. The molecular formula is C11H9NO2. The third kappa shape index (κ3) is 1.87. The number of nitriles is 1. The Balaban J connectivity index is 3.13. The Morgan fingerprint density at radius 3 is 2.79 bits per heavy atom. The van der Waals surface area contributed by atoms with Gasteiger partial charge in [0.2, 0.25) is 0 Å². The van der Waals surface area contributed by atoms with E-state index in [2.05, 4.69) is 6.58 Å². The molecule has 1 N–H and O–H groups in total. The van der Waals surface area contributed by atoms with E-state index in [-0.39, 0.29) is 5.57 Å². The zero-order valence-electron chi connectivity index (χ0n) is 7.47. The molecule has 3 heteroatoms. The molecule has 0 aliphatic heterocycles. The number of carbonyl (C=O) groups excluding carboxylic acids is 1. The summed E-state index contributed by atoms with van der Waals surface area (Å²) < 4.78 is 0. The Morgan fingerprint density at radius 1 is 1.57 bits per heavy atom. The maximum absolute atomic E-state index is 10.4. The molecule has 0 aliphatic carbocycles. The van der Waals surface area contributed by atoms with Crippen LogP contribution in [-0.4, -0.2) is 11.4 Å². The Morgan fingerprint density at radius 2 is 2.21 bits per heavy atom. The van der Waals surface area contributed by atoms with Crippen LogP contribution in [0.2, 0.25) is 0 Å². The smallest absolute Gasteiger partial charge is 0.148 e. The summed E-state index contributed by atoms with van der Waals surface area (Å²) >= 11 is 0. The van der Waals surface area contributed by atoms with E-state index in [0.717, 1.165) is 0 Å². The highest BCUT2D eigenvalue weighted by atomic mass is 16.3. The van der Waals surface area contributed by atoms with Crippen molar-refractivity contribution in [2.45, 2.75) is 6.10 Å². The molecule has 3 nitrogen and oxygen atoms in total. The van der Waals surface area contributed by atoms with Gasteiger partial charge in [-0.2, -0.15) is 5.26 Å². The quantitative estimate of drug-likeness (QED) is 0.573. The van der Waals surface area contributed by atoms with E-state index in [9.17, 15) is 9.90 Å². The lowest BCUT2D eigenvalue weighted by molar-refractivity contribution is -0.105. The first-order valence-corrected chi connectivity index (χ1v) is 4.01. The van der Waals surface area contributed by atoms with Crippen LogP contribution in [-0.2, 0) is 4.79 Å². The Labute approximate surface area is 81.9 Å². The number of aliphatic hydroxyl groups is 1. The lowest BCUT2D eigenvalue weighted by Gasteiger charge is -2.10. The lowest BCUT2D eigenvalue weighted by Crippen LogP contribution is -2.03. The molecule has 1 aromatic carbocycles. The van der Waals surface area contributed by atoms with Crippen LogP contribution in [0.3, 0.4) is 0 Å². The van der Waals surface area contributed by atoms with E-state index in [1.54, 1.807) is 24.3 Å². The van der Waals surface area contributed by atoms with Crippen LogP contribution >= 0.6 is 0 Å². The second-order valence-corrected chi connectivity index (χ2v) is 2.79. The zero-order valence-corrected chi connectivity index (χ0v) is 7.47. The van der Waals surface area contributed by atoms with Gasteiger partial charge in [0.15, 0.2) is 0 Å². The summed E-state index contributed by atoms with van der Waals surface area (Å²) in [5.74, 6) is 0. The van der Waals surface area contributed by atoms with Gasteiger partial charge in [-0.15, -0.1) is 0 Å². The van der Waals surface area contributed by atoms with Gasteiger partial charge < -0.3 is 5.11 Å². The minimum absolute atomic E-state index is 0.0488. The number of aldehydes is 1. The average Bonchev–Trinajstić information content (AvgIpc) is 2.26. The van der Waals surface area contributed by atoms with Gasteiger partial charge in [0.25, 0.3) is 0 Å². The number of hydrogen-bond donors (Lipinski definition) is 1. The number of nitrogens with zero attached hydrogens (tertiary/aromatic N) is 1. The first-order valence-electron chi connectivity index (χ1n) is 4.01. The minimum atomic E-state index is -1.09. The van der Waals surface area contributed by atoms with Crippen molar-refractivity contribution in [3.05, 3.63) is 47.5 Å². The summed E-state index contributed by atoms with van der Waals surface area (Å²) in [5.41, 5.74) is 0.808. The Kier molecular flexibility index (Phi) is 3.16. The topological polar surface area (TPSA) is 61.1 Å². The van der Waals surface area contributed by atoms with Crippen LogP contribution < -0.4 is 0 Å². The van der Waals surface area contributed by atoms with E-state index in [4.69, 9.17) is 5.26 Å². The molecule has 0 aliphatic rings. The Bertz CT molecular complexity index is 404. The second-order valence-electron chi connectivity index (χ2n) is 2.79. The van der Waals surface area contributed by atoms with Gasteiger partial charge in [-0.1, -0.05) is 24.8 Å². The molecule has 1 aromatic rings. The second kappa shape index (κ2) is 4.35. The van der Waals surface area contributed by atoms with Crippen molar-refractivity contribution in [2.75, 3.05) is 0 Å². The molecule has 0 aromatic heterocycles. The molecule has 1 rings (SSSR count). The largest absolute Gasteiger partial charge is 0.384 e. The van der Waals surface area contributed by atoms with Crippen molar-refractivity contribution in [2.24, 2.45) is 0 Å². The number of rotatable bonds is 3. The van der Waals surface area contributed by atoms with Gasteiger partial charge in [-0.3, -0.25) is 4.79 Å². The van der Waals surface area contributed by atoms with Crippen LogP contribution in [0.25, 0.3) is 0 Å². The van der Waals surface area contributed by atoms with Gasteiger partial charge in [-0.05, 0) is 6.07 Å². The molecule has 0 fully saturated rings. The van der Waals surface area contributed by atoms with E-state index in [1.165, 1.54) is 0 Å². The van der Waals surface area contributed by atoms with Crippen molar-refractivity contribution >= 4 is 6.29 Å². The fourth-order valence-electron chi connectivity index (χ4n) is 1.10. The van der Waals surface area contributed by atoms with E-state index in [0.29, 0.717) is 17.4 Å². The maximum Gasteiger partial charge on any atom is 0.148 e. The minimum Gasteiger partial charge on any atom is -0.384 e. The lowest BCUT2D eigenvalue weighted by atomic mass is 9.99. The molecule has 0 amide bonds. The van der Waals surface area contributed by atoms with E-state index in [1.807, 2.05) is 6.07 Å². The predicted octanol–water partition coefficient (Wildman–Crippen LogP) is 1.35. The normalized spacial score (nSPS) is 11.4. The molecule has 0 radical (unpaired) electrons. The standard InChI is InChI=1S/C11H9NO2/c1-8(7-13)11(14)10-5-3-2-4-9(10)6-12/h2-5,7,11,14H,1H2. The number of benzene rings is 1. The van der Waals surface area contributed by atoms with Crippen LogP contribution in [0.5, 0.6) is 0 Å². The highest BCUT2D eigenvalue weighted by molar-refractivity contribution is 5.74. The molecule has 70 valence electrons. The van der Waals surface area contributed by atoms with Gasteiger partial charge in [0.05, 0.1) is 11.6 Å². The monoisotopic (exact) mass is 187 g/mol. The molecule has 0 heterocycles. The van der Waals surface area contributed by atoms with E-state index < -0.39 is 6.10 Å². The van der Waals surface area contributed by atoms with E-state index >= 15 is 0 Å². The summed E-state index contributed by atoms with van der Waals surface area (Å²) in [6.45, 7) is 3.40. The first kappa shape index (κ1) is 10.2. The third-order valence-corrected chi connectivity index (χ3v) is 1.88. The van der Waals surface area contributed by atoms with Gasteiger partial charge in [0.1, 0.15) is 12.4 Å². The summed E-state index contributed by atoms with van der Waals surface area (Å²) in [7, 11) is 0. The first-order chi connectivity index (χ1) is 6.70. The molecule has 1 atom stereocenters. The van der Waals surface area contributed by atoms with Crippen molar-refractivity contribution < 1.29 is 9.90 Å². The summed E-state index contributed by atoms with van der Waals surface area (Å²) in [5, 5.41) is 18.4. The molecule has 0 bridgehead atoms. The van der Waals surface area contributed by atoms with Crippen molar-refractivity contribution in [1.29, 1.82) is 5.26 Å². The average molecular weight is 187 g/mol. The number of carbonyl (C=O) groups is 1.